The van der Waals surface area contributed by atoms with Gasteiger partial charge >= 0.3 is 11.9 Å². The number of hydrogen-bond acceptors (Lipinski definition) is 8. The number of carbonyl (C=O) groups excluding carboxylic acids is 5. The van der Waals surface area contributed by atoms with Crippen LogP contribution >= 0.6 is 11.3 Å². The van der Waals surface area contributed by atoms with Gasteiger partial charge in [0.25, 0.3) is 5.91 Å². The van der Waals surface area contributed by atoms with Crippen molar-refractivity contribution in [2.75, 3.05) is 24.9 Å². The molecule has 0 radical (unpaired) electrons. The number of anilines is 2. The summed E-state index contributed by atoms with van der Waals surface area (Å²) in [7, 11) is 2.39. The molecule has 2 aromatic rings. The average molecular weight is 458 g/mol. The van der Waals surface area contributed by atoms with E-state index in [1.807, 2.05) is 0 Å². The fourth-order valence-electron chi connectivity index (χ4n) is 2.66. The number of thiophene rings is 1. The highest BCUT2D eigenvalue weighted by Gasteiger charge is 2.26. The third-order valence-corrected chi connectivity index (χ3v) is 5.59. The van der Waals surface area contributed by atoms with Crippen molar-refractivity contribution in [3.05, 3.63) is 57.5 Å². The Morgan fingerprint density at radius 3 is 2.03 bits per heavy atom. The van der Waals surface area contributed by atoms with Gasteiger partial charge in [-0.2, -0.15) is 0 Å². The van der Waals surface area contributed by atoms with E-state index in [0.717, 1.165) is 17.4 Å². The lowest BCUT2D eigenvalue weighted by Crippen LogP contribution is -2.17. The van der Waals surface area contributed by atoms with Gasteiger partial charge in [0, 0.05) is 22.9 Å². The van der Waals surface area contributed by atoms with Crippen LogP contribution < -0.4 is 10.6 Å². The van der Waals surface area contributed by atoms with Crippen LogP contribution in [0.3, 0.4) is 0 Å². The number of amides is 2. The van der Waals surface area contributed by atoms with Crippen LogP contribution in [-0.4, -0.2) is 43.8 Å². The van der Waals surface area contributed by atoms with Gasteiger partial charge < -0.3 is 20.1 Å². The highest BCUT2D eigenvalue weighted by molar-refractivity contribution is 7.18. The molecule has 0 atom stereocenters. The topological polar surface area (TPSA) is 128 Å². The number of benzene rings is 1. The van der Waals surface area contributed by atoms with E-state index >= 15 is 0 Å². The highest BCUT2D eigenvalue weighted by Crippen LogP contribution is 2.34. The number of nitrogens with one attached hydrogen (secondary N) is 2. The predicted molar refractivity (Wildman–Crippen MR) is 119 cm³/mol. The van der Waals surface area contributed by atoms with E-state index in [-0.39, 0.29) is 26.8 Å². The number of carbonyl (C=O) groups is 5. The monoisotopic (exact) mass is 458 g/mol. The Hall–Kier alpha value is -3.79. The molecule has 0 unspecified atom stereocenters. The molecule has 0 fully saturated rings. The van der Waals surface area contributed by atoms with Crippen LogP contribution in [0.5, 0.6) is 0 Å². The minimum atomic E-state index is -0.725. The molecule has 1 aromatic carbocycles. The molecule has 2 amide bonds. The molecule has 0 saturated carbocycles. The number of hydrogen-bond donors (Lipinski definition) is 2. The van der Waals surface area contributed by atoms with Crippen molar-refractivity contribution < 1.29 is 33.4 Å². The van der Waals surface area contributed by atoms with Crippen molar-refractivity contribution in [1.29, 1.82) is 0 Å². The number of methoxy groups -OCH3 is 2. The van der Waals surface area contributed by atoms with E-state index in [1.54, 1.807) is 24.3 Å². The van der Waals surface area contributed by atoms with Gasteiger partial charge in [-0.05, 0) is 50.6 Å². The molecule has 32 heavy (non-hydrogen) atoms. The van der Waals surface area contributed by atoms with Crippen LogP contribution in [0.25, 0.3) is 0 Å². The maximum absolute atomic E-state index is 12.5. The molecule has 2 N–H and O–H groups in total. The molecule has 168 valence electrons. The molecular formula is C22H22N2O7S. The Labute approximate surface area is 188 Å². The Balaban J connectivity index is 2.19. The first-order valence-corrected chi connectivity index (χ1v) is 10.1. The number of ether oxygens (including phenoxy) is 2. The number of Topliss-reactive ketones (excluding diaryl/α,β-unsaturated/α-hetero) is 1. The van der Waals surface area contributed by atoms with E-state index in [2.05, 4.69) is 10.6 Å². The van der Waals surface area contributed by atoms with Crippen molar-refractivity contribution in [3.8, 4) is 0 Å². The Morgan fingerprint density at radius 1 is 0.906 bits per heavy atom. The van der Waals surface area contributed by atoms with Gasteiger partial charge in [-0.3, -0.25) is 14.4 Å². The first kappa shape index (κ1) is 24.5. The minimum absolute atomic E-state index is 0.0346. The van der Waals surface area contributed by atoms with E-state index in [0.29, 0.717) is 16.8 Å². The van der Waals surface area contributed by atoms with Crippen LogP contribution in [0.4, 0.5) is 10.7 Å². The molecule has 1 heterocycles. The summed E-state index contributed by atoms with van der Waals surface area (Å²) in [6, 6.07) is 6.31. The average Bonchev–Trinajstić information content (AvgIpc) is 3.08. The second-order valence-corrected chi connectivity index (χ2v) is 7.67. The molecule has 0 aliphatic carbocycles. The summed E-state index contributed by atoms with van der Waals surface area (Å²) >= 11 is 0.868. The van der Waals surface area contributed by atoms with Crippen molar-refractivity contribution >= 4 is 51.6 Å². The SMILES string of the molecule is COC(=O)c1sc(NC(=O)/C=C(/C)C(=O)Nc2ccc(C(C)=O)cc2)c(C(=O)OC)c1C. The van der Waals surface area contributed by atoms with E-state index in [1.165, 1.54) is 35.0 Å². The Bertz CT molecular complexity index is 1110. The fourth-order valence-corrected chi connectivity index (χ4v) is 3.78. The lowest BCUT2D eigenvalue weighted by Gasteiger charge is -2.07. The molecule has 2 rings (SSSR count). The fraction of sp³-hybridized carbons (Fsp3) is 0.227. The van der Waals surface area contributed by atoms with Gasteiger partial charge in [0.1, 0.15) is 9.88 Å². The lowest BCUT2D eigenvalue weighted by atomic mass is 10.1. The van der Waals surface area contributed by atoms with Gasteiger partial charge in [0.05, 0.1) is 19.8 Å². The van der Waals surface area contributed by atoms with Crippen molar-refractivity contribution in [2.45, 2.75) is 20.8 Å². The van der Waals surface area contributed by atoms with Gasteiger partial charge in [0.15, 0.2) is 5.78 Å². The van der Waals surface area contributed by atoms with Gasteiger partial charge in [-0.25, -0.2) is 9.59 Å². The first-order valence-electron chi connectivity index (χ1n) is 9.30. The van der Waals surface area contributed by atoms with Gasteiger partial charge in [0.2, 0.25) is 5.91 Å². The zero-order valence-electron chi connectivity index (χ0n) is 18.2. The molecule has 0 bridgehead atoms. The quantitative estimate of drug-likeness (QED) is 0.370. The van der Waals surface area contributed by atoms with Crippen molar-refractivity contribution in [2.24, 2.45) is 0 Å². The second kappa shape index (κ2) is 10.5. The Morgan fingerprint density at radius 2 is 1.50 bits per heavy atom. The molecule has 9 nitrogen and oxygen atoms in total. The largest absolute Gasteiger partial charge is 0.465 e. The first-order chi connectivity index (χ1) is 15.1. The third kappa shape index (κ3) is 5.67. The predicted octanol–water partition coefficient (Wildman–Crippen LogP) is 3.36. The molecule has 0 aliphatic heterocycles. The Kier molecular flexibility index (Phi) is 8.03. The van der Waals surface area contributed by atoms with Crippen molar-refractivity contribution in [1.82, 2.24) is 0 Å². The molecular weight excluding hydrogens is 436 g/mol. The third-order valence-electron chi connectivity index (χ3n) is 4.40. The maximum atomic E-state index is 12.5. The summed E-state index contributed by atoms with van der Waals surface area (Å²) in [6.07, 6.45) is 1.06. The van der Waals surface area contributed by atoms with Crippen LogP contribution in [0.15, 0.2) is 35.9 Å². The summed E-state index contributed by atoms with van der Waals surface area (Å²) in [5.41, 5.74) is 1.41. The zero-order chi connectivity index (χ0) is 24.0. The molecule has 1 aromatic heterocycles. The standard InChI is InChI=1S/C22H22N2O7S/c1-11(19(27)23-15-8-6-14(7-9-15)13(3)25)10-16(26)24-20-17(21(28)30-4)12(2)18(32-20)22(29)31-5/h6-10H,1-5H3,(H,23,27)(H,24,26)/b11-10-. The van der Waals surface area contributed by atoms with Crippen molar-refractivity contribution in [3.63, 3.8) is 0 Å². The smallest absolute Gasteiger partial charge is 0.348 e. The number of esters is 2. The van der Waals surface area contributed by atoms with Crippen LogP contribution in [0, 0.1) is 6.92 Å². The number of rotatable bonds is 7. The summed E-state index contributed by atoms with van der Waals surface area (Å²) in [6.45, 7) is 4.42. The van der Waals surface area contributed by atoms with Crippen LogP contribution in [0.1, 0.15) is 49.8 Å². The molecule has 0 saturated heterocycles. The van der Waals surface area contributed by atoms with E-state index < -0.39 is 23.8 Å². The second-order valence-electron chi connectivity index (χ2n) is 6.65. The maximum Gasteiger partial charge on any atom is 0.348 e. The molecule has 0 aliphatic rings. The normalized spacial score (nSPS) is 10.8. The zero-order valence-corrected chi connectivity index (χ0v) is 19.0. The number of ketones is 1. The van der Waals surface area contributed by atoms with Gasteiger partial charge in [-0.1, -0.05) is 0 Å². The lowest BCUT2D eigenvalue weighted by molar-refractivity contribution is -0.114. The molecule has 0 spiro atoms. The minimum Gasteiger partial charge on any atom is -0.465 e. The molecule has 10 heteroatoms. The van der Waals surface area contributed by atoms with Crippen LogP contribution in [-0.2, 0) is 19.1 Å². The van der Waals surface area contributed by atoms with E-state index in [9.17, 15) is 24.0 Å². The summed E-state index contributed by atoms with van der Waals surface area (Å²) < 4.78 is 9.44. The summed E-state index contributed by atoms with van der Waals surface area (Å²) in [5.74, 6) is -2.67. The van der Waals surface area contributed by atoms with Gasteiger partial charge in [-0.15, -0.1) is 11.3 Å². The van der Waals surface area contributed by atoms with Crippen LogP contribution in [0.2, 0.25) is 0 Å². The summed E-state index contributed by atoms with van der Waals surface area (Å²) in [5, 5.41) is 5.23. The van der Waals surface area contributed by atoms with E-state index in [4.69, 9.17) is 9.47 Å². The summed E-state index contributed by atoms with van der Waals surface area (Å²) in [4.78, 5) is 60.4. The highest BCUT2D eigenvalue weighted by atomic mass is 32.1.